The first-order valence-electron chi connectivity index (χ1n) is 26.4. The van der Waals surface area contributed by atoms with Crippen molar-refractivity contribution in [2.75, 3.05) is 26.4 Å². The Labute approximate surface area is 406 Å². The van der Waals surface area contributed by atoms with E-state index >= 15 is 0 Å². The molecular weight excluding hydrogens is 880 g/mol. The van der Waals surface area contributed by atoms with Gasteiger partial charge in [0.1, 0.15) is 38.3 Å². The lowest BCUT2D eigenvalue weighted by Gasteiger charge is -2.27. The summed E-state index contributed by atoms with van der Waals surface area (Å²) in [5.74, 6) is -4.81. The number of nitrogens with zero attached hydrogens (tertiary/aromatic N) is 1. The molecule has 2 heterocycles. The normalized spacial score (nSPS) is 17.4. The summed E-state index contributed by atoms with van der Waals surface area (Å²) in [6.07, 6.45) is 23.5. The van der Waals surface area contributed by atoms with Gasteiger partial charge in [-0.15, -0.1) is 0 Å². The van der Waals surface area contributed by atoms with Crippen molar-refractivity contribution in [3.05, 3.63) is 12.0 Å². The van der Waals surface area contributed by atoms with Crippen LogP contribution < -0.4 is 5.32 Å². The minimum Gasteiger partial charge on any atom is -0.463 e. The summed E-state index contributed by atoms with van der Waals surface area (Å²) in [5, 5.41) is 2.47. The number of nitrogens with one attached hydrogen (secondary N) is 1. The molecule has 4 atom stereocenters. The van der Waals surface area contributed by atoms with E-state index in [2.05, 4.69) is 26.1 Å². The summed E-state index contributed by atoms with van der Waals surface area (Å²) in [6.45, 7) is 5.35. The summed E-state index contributed by atoms with van der Waals surface area (Å²) < 4.78 is 47.6. The van der Waals surface area contributed by atoms with E-state index in [4.69, 9.17) is 28.4 Å². The predicted molar refractivity (Wildman–Crippen MR) is 255 cm³/mol. The fraction of sp³-hybridized carbons (Fsp3) is 0.827. The van der Waals surface area contributed by atoms with Crippen molar-refractivity contribution >= 4 is 41.7 Å². The number of ether oxygens (including phenoxy) is 6. The van der Waals surface area contributed by atoms with Gasteiger partial charge in [-0.25, -0.2) is 9.18 Å². The SMILES string of the molecule is CCCCCCCCCCCC(=O)OCC(COC(=O)CCCCCCCCCC)OC(=O)NCCC(=O)OC[C@H]1O[C@@H](N2C=C(F)C(=O)CC2=O)C[C@@H]1OC(=O)CCCCCCCCCCC. The van der Waals surface area contributed by atoms with Crippen LogP contribution in [0, 0.1) is 0 Å². The number of hydrogen-bond acceptors (Lipinski definition) is 13. The quantitative estimate of drug-likeness (QED) is 0.0264. The molecule has 0 bridgehead atoms. The molecule has 2 amide bonds. The van der Waals surface area contributed by atoms with Crippen LogP contribution in [0.4, 0.5) is 9.18 Å². The Bertz CT molecular complexity index is 1490. The second kappa shape index (κ2) is 38.7. The maximum absolute atomic E-state index is 14.2. The summed E-state index contributed by atoms with van der Waals surface area (Å²) in [5.41, 5.74) is 0. The van der Waals surface area contributed by atoms with E-state index in [1.165, 1.54) is 89.9 Å². The number of esters is 4. The molecule has 2 rings (SSSR count). The fourth-order valence-corrected chi connectivity index (χ4v) is 8.10. The molecule has 15 nitrogen and oxygen atoms in total. The van der Waals surface area contributed by atoms with E-state index < -0.39 is 78.4 Å². The Morgan fingerprint density at radius 1 is 0.618 bits per heavy atom. The number of alkyl carbamates (subject to hydrolysis) is 1. The van der Waals surface area contributed by atoms with Crippen LogP contribution in [0.2, 0.25) is 0 Å². The lowest BCUT2D eigenvalue weighted by atomic mass is 10.1. The molecule has 0 spiro atoms. The van der Waals surface area contributed by atoms with Crippen LogP contribution in [-0.2, 0) is 57.2 Å². The number of allylic oxidation sites excluding steroid dienone is 1. The highest BCUT2D eigenvalue weighted by Gasteiger charge is 2.44. The number of amides is 2. The third-order valence-electron chi connectivity index (χ3n) is 12.2. The molecule has 1 unspecified atom stereocenters. The van der Waals surface area contributed by atoms with E-state index in [-0.39, 0.29) is 58.5 Å². The van der Waals surface area contributed by atoms with E-state index in [0.29, 0.717) is 19.3 Å². The molecular formula is C52H87FN2O13. The zero-order valence-electron chi connectivity index (χ0n) is 42.0. The Kier molecular flexibility index (Phi) is 34.2. The van der Waals surface area contributed by atoms with Crippen molar-refractivity contribution in [2.45, 2.75) is 251 Å². The molecule has 1 N–H and O–H groups in total. The molecule has 16 heteroatoms. The van der Waals surface area contributed by atoms with Crippen LogP contribution in [-0.4, -0.2) is 97.5 Å². The number of Topliss-reactive ketones (excluding diaryl/α,β-unsaturated/α-hetero) is 1. The monoisotopic (exact) mass is 967 g/mol. The molecule has 2 aliphatic heterocycles. The second-order valence-electron chi connectivity index (χ2n) is 18.4. The van der Waals surface area contributed by atoms with Gasteiger partial charge in [-0.3, -0.25) is 33.7 Å². The van der Waals surface area contributed by atoms with Crippen LogP contribution in [0.1, 0.15) is 226 Å². The highest BCUT2D eigenvalue weighted by atomic mass is 19.1. The molecule has 2 aliphatic rings. The minimum absolute atomic E-state index is 0.0347. The molecule has 0 saturated carbocycles. The van der Waals surface area contributed by atoms with Gasteiger partial charge >= 0.3 is 30.0 Å². The third-order valence-corrected chi connectivity index (χ3v) is 12.2. The van der Waals surface area contributed by atoms with Crippen molar-refractivity contribution in [3.8, 4) is 0 Å². The first-order chi connectivity index (χ1) is 33.0. The largest absolute Gasteiger partial charge is 0.463 e. The summed E-state index contributed by atoms with van der Waals surface area (Å²) in [4.78, 5) is 89.0. The van der Waals surface area contributed by atoms with Crippen molar-refractivity contribution in [2.24, 2.45) is 0 Å². The van der Waals surface area contributed by atoms with E-state index in [1.807, 2.05) is 0 Å². The molecule has 0 aliphatic carbocycles. The number of halogens is 1. The third kappa shape index (κ3) is 29.1. The standard InChI is InChI=1S/C52H87FN2O13/c1-4-7-10-13-16-19-22-25-28-31-49(59)64-39-41(38-63-48(58)30-27-24-21-18-15-12-9-6-3)66-52(62)54-34-33-50(60)65-40-45-44(36-47(67-45)55-37-42(53)43(56)35-46(55)57)68-51(61)32-29-26-23-20-17-14-11-8-5-2/h37,41,44-45,47H,4-36,38-40H2,1-3H3,(H,54,62)/t41?,44-,45+,47+/m0/s1. The smallest absolute Gasteiger partial charge is 0.407 e. The lowest BCUT2D eigenvalue weighted by molar-refractivity contribution is -0.161. The predicted octanol–water partition coefficient (Wildman–Crippen LogP) is 11.1. The number of carbonyl (C=O) groups is 7. The van der Waals surface area contributed by atoms with Crippen molar-refractivity contribution in [1.82, 2.24) is 10.2 Å². The van der Waals surface area contributed by atoms with Gasteiger partial charge in [0.25, 0.3) is 0 Å². The summed E-state index contributed by atoms with van der Waals surface area (Å²) in [6, 6.07) is 0. The molecule has 0 aromatic carbocycles. The highest BCUT2D eigenvalue weighted by molar-refractivity contribution is 6.08. The molecule has 0 aromatic heterocycles. The first kappa shape index (κ1) is 60.0. The maximum Gasteiger partial charge on any atom is 0.407 e. The lowest BCUT2D eigenvalue weighted by Crippen LogP contribution is -2.40. The number of rotatable bonds is 41. The van der Waals surface area contributed by atoms with Gasteiger partial charge < -0.3 is 33.7 Å². The van der Waals surface area contributed by atoms with Gasteiger partial charge in [0.15, 0.2) is 11.9 Å². The average Bonchev–Trinajstić information content (AvgIpc) is 3.71. The van der Waals surface area contributed by atoms with Crippen LogP contribution in [0.3, 0.4) is 0 Å². The van der Waals surface area contributed by atoms with Gasteiger partial charge in [0.05, 0.1) is 12.8 Å². The van der Waals surface area contributed by atoms with Crippen molar-refractivity contribution in [3.63, 3.8) is 0 Å². The summed E-state index contributed by atoms with van der Waals surface area (Å²) >= 11 is 0. The van der Waals surface area contributed by atoms with Crippen LogP contribution >= 0.6 is 0 Å². The zero-order chi connectivity index (χ0) is 49.6. The van der Waals surface area contributed by atoms with Gasteiger partial charge in [0.2, 0.25) is 11.7 Å². The van der Waals surface area contributed by atoms with Gasteiger partial charge in [-0.2, -0.15) is 0 Å². The second-order valence-corrected chi connectivity index (χ2v) is 18.4. The maximum atomic E-state index is 14.2. The van der Waals surface area contributed by atoms with Gasteiger partial charge in [0, 0.05) is 38.4 Å². The van der Waals surface area contributed by atoms with Gasteiger partial charge in [-0.05, 0) is 19.3 Å². The molecule has 0 radical (unpaired) electrons. The number of carbonyl (C=O) groups excluding carboxylic acids is 7. The minimum atomic E-state index is -1.10. The highest BCUT2D eigenvalue weighted by Crippen LogP contribution is 2.30. The molecule has 0 aromatic rings. The van der Waals surface area contributed by atoms with Crippen LogP contribution in [0.25, 0.3) is 0 Å². The Morgan fingerprint density at radius 3 is 1.51 bits per heavy atom. The van der Waals surface area contributed by atoms with Crippen molar-refractivity contribution in [1.29, 1.82) is 0 Å². The number of ketones is 1. The molecule has 68 heavy (non-hydrogen) atoms. The van der Waals surface area contributed by atoms with E-state index in [1.54, 1.807) is 0 Å². The Balaban J connectivity index is 1.87. The van der Waals surface area contributed by atoms with E-state index in [9.17, 15) is 38.0 Å². The Morgan fingerprint density at radius 2 is 1.04 bits per heavy atom. The Hall–Kier alpha value is -4.08. The number of unbranched alkanes of at least 4 members (excludes halogenated alkanes) is 23. The molecule has 1 fully saturated rings. The molecule has 1 saturated heterocycles. The fourth-order valence-electron chi connectivity index (χ4n) is 8.10. The van der Waals surface area contributed by atoms with Gasteiger partial charge in [-0.1, -0.05) is 168 Å². The van der Waals surface area contributed by atoms with E-state index in [0.717, 1.165) is 68.9 Å². The molecule has 390 valence electrons. The topological polar surface area (TPSA) is 190 Å². The zero-order valence-corrected chi connectivity index (χ0v) is 42.0. The average molecular weight is 967 g/mol. The number of hydrogen-bond donors (Lipinski definition) is 1. The van der Waals surface area contributed by atoms with Crippen LogP contribution in [0.15, 0.2) is 12.0 Å². The van der Waals surface area contributed by atoms with Crippen LogP contribution in [0.5, 0.6) is 0 Å². The van der Waals surface area contributed by atoms with Crippen molar-refractivity contribution < 1.29 is 66.4 Å². The first-order valence-corrected chi connectivity index (χ1v) is 26.4. The summed E-state index contributed by atoms with van der Waals surface area (Å²) in [7, 11) is 0.